The van der Waals surface area contributed by atoms with E-state index in [4.69, 9.17) is 4.98 Å². The molecule has 0 bridgehead atoms. The summed E-state index contributed by atoms with van der Waals surface area (Å²) in [4.78, 5) is 22.4. The van der Waals surface area contributed by atoms with Gasteiger partial charge in [0.2, 0.25) is 0 Å². The Kier molecular flexibility index (Phi) is 5.55. The van der Waals surface area contributed by atoms with Crippen molar-refractivity contribution in [3.05, 3.63) is 71.7 Å². The second-order valence-corrected chi connectivity index (χ2v) is 8.45. The van der Waals surface area contributed by atoms with E-state index in [1.54, 1.807) is 0 Å². The van der Waals surface area contributed by atoms with Crippen molar-refractivity contribution < 1.29 is 9.18 Å². The highest BCUT2D eigenvalue weighted by Gasteiger charge is 2.27. The van der Waals surface area contributed by atoms with Crippen LogP contribution in [0.1, 0.15) is 34.8 Å². The Hall–Kier alpha value is -2.99. The van der Waals surface area contributed by atoms with Gasteiger partial charge in [-0.25, -0.2) is 4.39 Å². The normalized spacial score (nSPS) is 17.1. The quantitative estimate of drug-likeness (QED) is 0.662. The lowest BCUT2D eigenvalue weighted by Gasteiger charge is -2.36. The van der Waals surface area contributed by atoms with Crippen molar-refractivity contribution in [2.75, 3.05) is 44.2 Å². The highest BCUT2D eigenvalue weighted by molar-refractivity contribution is 6.06. The Morgan fingerprint density at radius 1 is 1.03 bits per heavy atom. The summed E-state index contributed by atoms with van der Waals surface area (Å²) < 4.78 is 13.1. The van der Waals surface area contributed by atoms with Crippen molar-refractivity contribution in [2.24, 2.45) is 0 Å². The summed E-state index contributed by atoms with van der Waals surface area (Å²) in [7, 11) is 0. The molecule has 0 radical (unpaired) electrons. The minimum atomic E-state index is -0.204. The van der Waals surface area contributed by atoms with Crippen molar-refractivity contribution in [3.8, 4) is 0 Å². The zero-order chi connectivity index (χ0) is 21.2. The summed E-state index contributed by atoms with van der Waals surface area (Å²) >= 11 is 0. The number of carbonyl (C=O) groups excluding carboxylic acids is 1. The van der Waals surface area contributed by atoms with Gasteiger partial charge in [0.05, 0.1) is 11.1 Å². The molecule has 2 heterocycles. The molecular weight excluding hydrogens is 391 g/mol. The van der Waals surface area contributed by atoms with Crippen LogP contribution in [0.2, 0.25) is 0 Å². The van der Waals surface area contributed by atoms with Crippen LogP contribution in [-0.2, 0) is 0 Å². The first-order valence-electron chi connectivity index (χ1n) is 11.1. The summed E-state index contributed by atoms with van der Waals surface area (Å²) in [5.41, 5.74) is 3.73. The molecule has 1 saturated carbocycles. The molecule has 1 aliphatic heterocycles. The molecular formula is C25H27FN4O. The highest BCUT2D eigenvalue weighted by atomic mass is 19.1. The monoisotopic (exact) mass is 418 g/mol. The minimum absolute atomic E-state index is 0.0227. The molecule has 1 amide bonds. The first-order chi connectivity index (χ1) is 15.2. The standard InChI is InChI=1S/C25H27FN4O/c26-19-7-9-20(10-8-19)30-15-13-29(14-16-30)12-11-27-25(31)22-17-24(18-5-6-18)28-23-4-2-1-3-21(22)23/h1-4,7-10,17-18H,5-6,11-16H2,(H,27,31). The number of benzene rings is 2. The molecule has 2 fully saturated rings. The molecule has 2 aromatic carbocycles. The predicted molar refractivity (Wildman–Crippen MR) is 121 cm³/mol. The number of piperazine rings is 1. The molecule has 1 N–H and O–H groups in total. The van der Waals surface area contributed by atoms with E-state index in [-0.39, 0.29) is 11.7 Å². The minimum Gasteiger partial charge on any atom is -0.369 e. The van der Waals surface area contributed by atoms with Gasteiger partial charge >= 0.3 is 0 Å². The highest BCUT2D eigenvalue weighted by Crippen LogP contribution is 2.40. The fourth-order valence-corrected chi connectivity index (χ4v) is 4.28. The summed E-state index contributed by atoms with van der Waals surface area (Å²) in [6.07, 6.45) is 2.33. The number of pyridine rings is 1. The Morgan fingerprint density at radius 2 is 1.77 bits per heavy atom. The molecule has 2 aliphatic rings. The Balaban J connectivity index is 1.16. The summed E-state index contributed by atoms with van der Waals surface area (Å²) in [5.74, 6) is 0.281. The molecule has 0 spiro atoms. The Bertz CT molecular complexity index is 1070. The van der Waals surface area contributed by atoms with E-state index in [0.717, 1.165) is 73.4 Å². The molecule has 160 valence electrons. The van der Waals surface area contributed by atoms with Crippen molar-refractivity contribution >= 4 is 22.5 Å². The van der Waals surface area contributed by atoms with Crippen molar-refractivity contribution in [1.82, 2.24) is 15.2 Å². The number of hydrogen-bond acceptors (Lipinski definition) is 4. The molecule has 5 nitrogen and oxygen atoms in total. The zero-order valence-electron chi connectivity index (χ0n) is 17.6. The predicted octanol–water partition coefficient (Wildman–Crippen LogP) is 3.80. The Morgan fingerprint density at radius 3 is 2.52 bits per heavy atom. The third kappa shape index (κ3) is 4.54. The van der Waals surface area contributed by atoms with Crippen molar-refractivity contribution in [2.45, 2.75) is 18.8 Å². The van der Waals surface area contributed by atoms with Gasteiger partial charge in [-0.3, -0.25) is 14.7 Å². The van der Waals surface area contributed by atoms with Crippen LogP contribution in [0.5, 0.6) is 0 Å². The van der Waals surface area contributed by atoms with Crippen LogP contribution >= 0.6 is 0 Å². The molecule has 0 atom stereocenters. The van der Waals surface area contributed by atoms with Gasteiger partial charge in [-0.15, -0.1) is 0 Å². The van der Waals surface area contributed by atoms with Gasteiger partial charge in [0.15, 0.2) is 0 Å². The summed E-state index contributed by atoms with van der Waals surface area (Å²) in [6.45, 7) is 5.10. The number of anilines is 1. The van der Waals surface area contributed by atoms with E-state index < -0.39 is 0 Å². The van der Waals surface area contributed by atoms with E-state index in [2.05, 4.69) is 15.1 Å². The van der Waals surface area contributed by atoms with Crippen LogP contribution in [-0.4, -0.2) is 55.1 Å². The maximum atomic E-state index is 13.1. The zero-order valence-corrected chi connectivity index (χ0v) is 17.6. The molecule has 31 heavy (non-hydrogen) atoms. The number of nitrogens with zero attached hydrogens (tertiary/aromatic N) is 3. The summed E-state index contributed by atoms with van der Waals surface area (Å²) in [6, 6.07) is 16.6. The van der Waals surface area contributed by atoms with Crippen molar-refractivity contribution in [3.63, 3.8) is 0 Å². The lowest BCUT2D eigenvalue weighted by molar-refractivity contribution is 0.0949. The van der Waals surface area contributed by atoms with Crippen LogP contribution in [0, 0.1) is 5.82 Å². The molecule has 1 saturated heterocycles. The number of aromatic nitrogens is 1. The number of amides is 1. The number of fused-ring (bicyclic) bond motifs is 1. The lowest BCUT2D eigenvalue weighted by atomic mass is 10.1. The largest absolute Gasteiger partial charge is 0.369 e. The van der Waals surface area contributed by atoms with Gasteiger partial charge < -0.3 is 10.2 Å². The van der Waals surface area contributed by atoms with Crippen LogP contribution in [0.4, 0.5) is 10.1 Å². The average Bonchev–Trinajstić information content (AvgIpc) is 3.65. The number of rotatable bonds is 6. The molecule has 0 unspecified atom stereocenters. The fraction of sp³-hybridized carbons (Fsp3) is 0.360. The number of halogens is 1. The molecule has 1 aliphatic carbocycles. The second-order valence-electron chi connectivity index (χ2n) is 8.45. The van der Waals surface area contributed by atoms with Gasteiger partial charge in [-0.1, -0.05) is 18.2 Å². The fourth-order valence-electron chi connectivity index (χ4n) is 4.28. The average molecular weight is 419 g/mol. The third-order valence-electron chi connectivity index (χ3n) is 6.25. The number of para-hydroxylation sites is 1. The smallest absolute Gasteiger partial charge is 0.252 e. The van der Waals surface area contributed by atoms with Crippen molar-refractivity contribution in [1.29, 1.82) is 0 Å². The third-order valence-corrected chi connectivity index (χ3v) is 6.25. The maximum Gasteiger partial charge on any atom is 0.252 e. The van der Waals surface area contributed by atoms with Crippen LogP contribution in [0.15, 0.2) is 54.6 Å². The van der Waals surface area contributed by atoms with E-state index in [0.29, 0.717) is 12.5 Å². The molecule has 5 rings (SSSR count). The summed E-state index contributed by atoms with van der Waals surface area (Å²) in [5, 5.41) is 4.02. The van der Waals surface area contributed by atoms with Gasteiger partial charge in [0.25, 0.3) is 5.91 Å². The van der Waals surface area contributed by atoms with Gasteiger partial charge in [0, 0.05) is 62.0 Å². The van der Waals surface area contributed by atoms with E-state index in [1.165, 1.54) is 12.1 Å². The SMILES string of the molecule is O=C(NCCN1CCN(c2ccc(F)cc2)CC1)c1cc(C2CC2)nc2ccccc12. The van der Waals surface area contributed by atoms with Crippen LogP contribution in [0.3, 0.4) is 0 Å². The van der Waals surface area contributed by atoms with Gasteiger partial charge in [-0.2, -0.15) is 0 Å². The van der Waals surface area contributed by atoms with Crippen LogP contribution < -0.4 is 10.2 Å². The molecule has 6 heteroatoms. The van der Waals surface area contributed by atoms with Gasteiger partial charge in [0.1, 0.15) is 5.82 Å². The van der Waals surface area contributed by atoms with Gasteiger partial charge in [-0.05, 0) is 49.2 Å². The topological polar surface area (TPSA) is 48.5 Å². The molecule has 1 aromatic heterocycles. The molecule has 3 aromatic rings. The van der Waals surface area contributed by atoms with E-state index >= 15 is 0 Å². The number of nitrogens with one attached hydrogen (secondary N) is 1. The van der Waals surface area contributed by atoms with E-state index in [1.807, 2.05) is 42.5 Å². The first kappa shape index (κ1) is 19.9. The second kappa shape index (κ2) is 8.63. The number of carbonyl (C=O) groups is 1. The van der Waals surface area contributed by atoms with E-state index in [9.17, 15) is 9.18 Å². The Labute approximate surface area is 181 Å². The maximum absolute atomic E-state index is 13.1. The number of hydrogen-bond donors (Lipinski definition) is 1. The lowest BCUT2D eigenvalue weighted by Crippen LogP contribution is -2.48. The van der Waals surface area contributed by atoms with Crippen LogP contribution in [0.25, 0.3) is 10.9 Å². The first-order valence-corrected chi connectivity index (χ1v) is 11.1.